The fourth-order valence-corrected chi connectivity index (χ4v) is 3.88. The Labute approximate surface area is 200 Å². The third-order valence-electron chi connectivity index (χ3n) is 4.95. The van der Waals surface area contributed by atoms with Gasteiger partial charge in [-0.05, 0) is 48.0 Å². The van der Waals surface area contributed by atoms with Crippen LogP contribution in [0.2, 0.25) is 5.02 Å². The van der Waals surface area contributed by atoms with Crippen LogP contribution in [0.1, 0.15) is 16.1 Å². The lowest BCUT2D eigenvalue weighted by Crippen LogP contribution is -2.16. The monoisotopic (exact) mass is 505 g/mol. The molecule has 0 radical (unpaired) electrons. The number of aromatic carboxylic acids is 1. The Kier molecular flexibility index (Phi) is 6.31. The number of rotatable bonds is 7. The Hall–Kier alpha value is -4.18. The van der Waals surface area contributed by atoms with E-state index < -0.39 is 30.5 Å². The zero-order chi connectivity index (χ0) is 25.3. The van der Waals surface area contributed by atoms with Gasteiger partial charge in [-0.1, -0.05) is 29.8 Å². The zero-order valence-electron chi connectivity index (χ0n) is 17.5. The summed E-state index contributed by atoms with van der Waals surface area (Å²) in [5, 5.41) is 19.7. The molecule has 180 valence electrons. The fourth-order valence-electron chi connectivity index (χ4n) is 3.70. The number of ether oxygens (including phenoxy) is 2. The lowest BCUT2D eigenvalue weighted by Gasteiger charge is -2.15. The Bertz CT molecular complexity index is 1430. The van der Waals surface area contributed by atoms with Crippen LogP contribution in [0.25, 0.3) is 22.0 Å². The number of H-pyrrole nitrogens is 1. The summed E-state index contributed by atoms with van der Waals surface area (Å²) in [6.45, 7) is 0. The average Bonchev–Trinajstić information content (AvgIpc) is 3.11. The average molecular weight is 506 g/mol. The minimum atomic E-state index is -4.88. The summed E-state index contributed by atoms with van der Waals surface area (Å²) in [7, 11) is 0. The predicted octanol–water partition coefficient (Wildman–Crippen LogP) is 6.50. The minimum Gasteiger partial charge on any atom is -0.481 e. The van der Waals surface area contributed by atoms with Crippen LogP contribution in [0.5, 0.6) is 17.2 Å². The van der Waals surface area contributed by atoms with Crippen LogP contribution < -0.4 is 9.47 Å². The minimum absolute atomic E-state index is 0.0434. The molecule has 11 heteroatoms. The lowest BCUT2D eigenvalue weighted by atomic mass is 9.96. The summed E-state index contributed by atoms with van der Waals surface area (Å²) in [6, 6.07) is 14.3. The summed E-state index contributed by atoms with van der Waals surface area (Å²) in [5.41, 5.74) is 0.516. The molecular formula is C24H15ClF3NO6. The molecule has 0 spiro atoms. The molecule has 4 aromatic rings. The van der Waals surface area contributed by atoms with Crippen LogP contribution in [0, 0.1) is 0 Å². The van der Waals surface area contributed by atoms with Crippen LogP contribution in [0.4, 0.5) is 13.2 Å². The van der Waals surface area contributed by atoms with Crippen molar-refractivity contribution in [3.63, 3.8) is 0 Å². The van der Waals surface area contributed by atoms with Crippen molar-refractivity contribution in [3.8, 4) is 28.4 Å². The van der Waals surface area contributed by atoms with Crippen molar-refractivity contribution >= 4 is 34.4 Å². The number of hydrogen-bond donors (Lipinski definition) is 3. The van der Waals surface area contributed by atoms with E-state index in [9.17, 15) is 33.0 Å². The summed E-state index contributed by atoms with van der Waals surface area (Å²) < 4.78 is 47.7. The molecule has 0 unspecified atom stereocenters. The first-order valence-electron chi connectivity index (χ1n) is 9.94. The van der Waals surface area contributed by atoms with E-state index in [1.54, 1.807) is 18.2 Å². The number of fused-ring (bicyclic) bond motifs is 1. The van der Waals surface area contributed by atoms with E-state index >= 15 is 0 Å². The zero-order valence-corrected chi connectivity index (χ0v) is 18.3. The van der Waals surface area contributed by atoms with Gasteiger partial charge in [0.1, 0.15) is 17.2 Å². The molecule has 0 aliphatic rings. The van der Waals surface area contributed by atoms with Gasteiger partial charge < -0.3 is 24.7 Å². The van der Waals surface area contributed by atoms with E-state index in [-0.39, 0.29) is 28.0 Å². The van der Waals surface area contributed by atoms with Gasteiger partial charge in [-0.15, -0.1) is 13.2 Å². The first-order valence-corrected chi connectivity index (χ1v) is 10.3. The second kappa shape index (κ2) is 9.22. The van der Waals surface area contributed by atoms with Gasteiger partial charge in [0.05, 0.1) is 12.0 Å². The highest BCUT2D eigenvalue weighted by atomic mass is 35.5. The molecule has 3 N–H and O–H groups in total. The molecule has 0 aliphatic heterocycles. The molecule has 4 rings (SSSR count). The first kappa shape index (κ1) is 24.0. The van der Waals surface area contributed by atoms with Crippen LogP contribution in [-0.4, -0.2) is 33.5 Å². The predicted molar refractivity (Wildman–Crippen MR) is 120 cm³/mol. The Morgan fingerprint density at radius 2 is 1.69 bits per heavy atom. The van der Waals surface area contributed by atoms with Gasteiger partial charge in [0.2, 0.25) is 0 Å². The third-order valence-corrected chi connectivity index (χ3v) is 5.18. The van der Waals surface area contributed by atoms with Gasteiger partial charge in [-0.25, -0.2) is 4.79 Å². The second-order valence-corrected chi connectivity index (χ2v) is 7.78. The molecule has 1 heterocycles. The number of carbonyl (C=O) groups is 2. The molecule has 1 aromatic heterocycles. The van der Waals surface area contributed by atoms with E-state index in [1.807, 2.05) is 0 Å². The third kappa shape index (κ3) is 5.33. The van der Waals surface area contributed by atoms with Gasteiger partial charge in [0, 0.05) is 27.2 Å². The Balaban J connectivity index is 1.95. The topological polar surface area (TPSA) is 109 Å². The van der Waals surface area contributed by atoms with Crippen LogP contribution in [0.15, 0.2) is 60.7 Å². The quantitative estimate of drug-likeness (QED) is 0.264. The summed E-state index contributed by atoms with van der Waals surface area (Å²) >= 11 is 6.03. The number of aromatic amines is 1. The van der Waals surface area contributed by atoms with E-state index in [0.717, 1.165) is 12.1 Å². The van der Waals surface area contributed by atoms with Gasteiger partial charge in [0.15, 0.2) is 0 Å². The number of hydrogen-bond acceptors (Lipinski definition) is 4. The van der Waals surface area contributed by atoms with Crippen molar-refractivity contribution in [2.45, 2.75) is 12.8 Å². The molecule has 3 aromatic carbocycles. The smallest absolute Gasteiger partial charge is 0.481 e. The van der Waals surface area contributed by atoms with Crippen molar-refractivity contribution in [2.24, 2.45) is 0 Å². The summed E-state index contributed by atoms with van der Waals surface area (Å²) in [6.07, 6.45) is -5.47. The molecule has 0 fully saturated rings. The molecule has 0 aliphatic carbocycles. The molecule has 35 heavy (non-hydrogen) atoms. The molecule has 0 amide bonds. The van der Waals surface area contributed by atoms with Crippen molar-refractivity contribution in [2.75, 3.05) is 0 Å². The molecular weight excluding hydrogens is 491 g/mol. The van der Waals surface area contributed by atoms with Gasteiger partial charge >= 0.3 is 18.3 Å². The Morgan fingerprint density at radius 1 is 0.971 bits per heavy atom. The second-order valence-electron chi connectivity index (χ2n) is 7.35. The van der Waals surface area contributed by atoms with Gasteiger partial charge in [-0.2, -0.15) is 0 Å². The normalized spacial score (nSPS) is 11.4. The number of aliphatic carboxylic acids is 1. The fraction of sp³-hybridized carbons (Fsp3) is 0.0833. The summed E-state index contributed by atoms with van der Waals surface area (Å²) in [4.78, 5) is 26.3. The van der Waals surface area contributed by atoms with E-state index in [0.29, 0.717) is 21.9 Å². The highest BCUT2D eigenvalue weighted by Gasteiger charge is 2.31. The number of halogens is 4. The summed E-state index contributed by atoms with van der Waals surface area (Å²) in [5.74, 6) is -2.60. The van der Waals surface area contributed by atoms with Crippen molar-refractivity contribution in [1.82, 2.24) is 4.98 Å². The number of benzene rings is 3. The van der Waals surface area contributed by atoms with E-state index in [1.165, 1.54) is 30.3 Å². The number of carboxylic acids is 2. The highest BCUT2D eigenvalue weighted by Crippen LogP contribution is 2.42. The van der Waals surface area contributed by atoms with Crippen LogP contribution >= 0.6 is 11.6 Å². The lowest BCUT2D eigenvalue weighted by molar-refractivity contribution is -0.274. The van der Waals surface area contributed by atoms with Crippen LogP contribution in [-0.2, 0) is 11.2 Å². The largest absolute Gasteiger partial charge is 0.573 e. The van der Waals surface area contributed by atoms with Crippen molar-refractivity contribution < 1.29 is 42.4 Å². The number of aromatic nitrogens is 1. The maximum absolute atomic E-state index is 12.6. The molecule has 0 atom stereocenters. The molecule has 0 saturated carbocycles. The van der Waals surface area contributed by atoms with Gasteiger partial charge in [-0.3, -0.25) is 4.79 Å². The van der Waals surface area contributed by atoms with E-state index in [2.05, 4.69) is 9.72 Å². The van der Waals surface area contributed by atoms with Crippen molar-refractivity contribution in [1.29, 1.82) is 0 Å². The SMILES string of the molecule is O=C(O)Cc1[nH]c2ccc(Oc3cccc(Cl)c3)c(-c3ccc(OC(F)(F)F)cc3)c2c1C(=O)O. The van der Waals surface area contributed by atoms with Crippen molar-refractivity contribution in [3.05, 3.63) is 76.9 Å². The molecule has 7 nitrogen and oxygen atoms in total. The van der Waals surface area contributed by atoms with E-state index in [4.69, 9.17) is 16.3 Å². The first-order chi connectivity index (χ1) is 16.5. The molecule has 0 saturated heterocycles. The standard InChI is InChI=1S/C24H15ClF3NO6/c25-13-2-1-3-15(10-13)34-18-9-8-16-21(22(23(32)33)17(29-16)11-19(30)31)20(18)12-4-6-14(7-5-12)35-24(26,27)28/h1-10,29H,11H2,(H,30,31)(H,32,33). The highest BCUT2D eigenvalue weighted by molar-refractivity contribution is 6.30. The van der Waals surface area contributed by atoms with Crippen LogP contribution in [0.3, 0.4) is 0 Å². The number of carboxylic acid groups (broad SMARTS) is 2. The Morgan fingerprint density at radius 3 is 2.29 bits per heavy atom. The number of alkyl halides is 3. The van der Waals surface area contributed by atoms with Gasteiger partial charge in [0.25, 0.3) is 0 Å². The molecule has 0 bridgehead atoms. The maximum atomic E-state index is 12.6. The maximum Gasteiger partial charge on any atom is 0.573 e. The number of nitrogens with one attached hydrogen (secondary N) is 1.